The van der Waals surface area contributed by atoms with Crippen molar-refractivity contribution in [3.63, 3.8) is 0 Å². The van der Waals surface area contributed by atoms with Gasteiger partial charge in [0.2, 0.25) is 0 Å². The van der Waals surface area contributed by atoms with Gasteiger partial charge in [-0.25, -0.2) is 4.98 Å². The van der Waals surface area contributed by atoms with E-state index in [9.17, 15) is 4.79 Å². The second kappa shape index (κ2) is 7.17. The Morgan fingerprint density at radius 1 is 1.30 bits per heavy atom. The van der Waals surface area contributed by atoms with Crippen molar-refractivity contribution in [2.24, 2.45) is 0 Å². The third-order valence-electron chi connectivity index (χ3n) is 3.47. The van der Waals surface area contributed by atoms with Crippen LogP contribution in [-0.2, 0) is 4.79 Å². The number of nitrogens with two attached hydrogens (primary N) is 1. The second-order valence-corrected chi connectivity index (χ2v) is 4.86. The Bertz CT molecular complexity index is 779. The molecule has 0 aliphatic carbocycles. The van der Waals surface area contributed by atoms with Crippen LogP contribution in [0.1, 0.15) is 18.1 Å². The van der Waals surface area contributed by atoms with E-state index < -0.39 is 0 Å². The number of nitrogens with one attached hydrogen (secondary N) is 2. The van der Waals surface area contributed by atoms with Gasteiger partial charge in [0.25, 0.3) is 5.91 Å². The van der Waals surface area contributed by atoms with Gasteiger partial charge in [-0.3, -0.25) is 4.79 Å². The van der Waals surface area contributed by atoms with Crippen LogP contribution in [0.15, 0.2) is 60.8 Å². The van der Waals surface area contributed by atoms with Gasteiger partial charge in [0.15, 0.2) is 0 Å². The molecular weight excluding hydrogens is 288 g/mol. The molecule has 0 aliphatic heterocycles. The zero-order chi connectivity index (χ0) is 16.8. The molecule has 0 aliphatic rings. The van der Waals surface area contributed by atoms with Crippen molar-refractivity contribution in [1.29, 1.82) is 5.41 Å². The number of aromatic nitrogens is 1. The minimum atomic E-state index is -0.310. The van der Waals surface area contributed by atoms with E-state index in [0.717, 1.165) is 17.4 Å². The minimum absolute atomic E-state index is 0.196. The average molecular weight is 306 g/mol. The first kappa shape index (κ1) is 16.2. The number of rotatable bonds is 5. The van der Waals surface area contributed by atoms with E-state index in [4.69, 9.17) is 11.1 Å². The molecule has 0 atom stereocenters. The van der Waals surface area contributed by atoms with Gasteiger partial charge in [0.1, 0.15) is 5.82 Å². The van der Waals surface area contributed by atoms with Gasteiger partial charge in [0.05, 0.1) is 11.3 Å². The zero-order valence-corrected chi connectivity index (χ0v) is 12.8. The molecule has 0 radical (unpaired) electrons. The summed E-state index contributed by atoms with van der Waals surface area (Å²) in [5, 5.41) is 10.2. The summed E-state index contributed by atoms with van der Waals surface area (Å²) in [5.74, 6) is -0.114. The van der Waals surface area contributed by atoms with Crippen LogP contribution in [0.4, 0.5) is 11.5 Å². The lowest BCUT2D eigenvalue weighted by atomic mass is 10.0. The van der Waals surface area contributed by atoms with Crippen molar-refractivity contribution in [3.8, 4) is 0 Å². The number of carbonyl (C=O) groups is 1. The third-order valence-corrected chi connectivity index (χ3v) is 3.47. The Morgan fingerprint density at radius 3 is 2.61 bits per heavy atom. The molecule has 0 saturated carbocycles. The lowest BCUT2D eigenvalue weighted by Gasteiger charge is -2.12. The van der Waals surface area contributed by atoms with Crippen LogP contribution >= 0.6 is 0 Å². The molecule has 0 saturated heterocycles. The molecular formula is C18H18N4O. The summed E-state index contributed by atoms with van der Waals surface area (Å²) in [6.07, 6.45) is 4.07. The van der Waals surface area contributed by atoms with E-state index in [1.807, 2.05) is 37.3 Å². The zero-order valence-electron chi connectivity index (χ0n) is 12.8. The molecule has 5 nitrogen and oxygen atoms in total. The molecule has 116 valence electrons. The first-order chi connectivity index (χ1) is 11.1. The van der Waals surface area contributed by atoms with Crippen LogP contribution in [-0.4, -0.2) is 17.1 Å². The summed E-state index contributed by atoms with van der Waals surface area (Å²) in [7, 11) is 0. The molecule has 4 N–H and O–H groups in total. The number of nitrogens with zero attached hydrogens (tertiary/aromatic N) is 1. The van der Waals surface area contributed by atoms with E-state index >= 15 is 0 Å². The number of nitrogen functional groups attached to an aromatic ring is 1. The van der Waals surface area contributed by atoms with Gasteiger partial charge in [-0.1, -0.05) is 43.0 Å². The molecule has 1 heterocycles. The fourth-order valence-corrected chi connectivity index (χ4v) is 2.20. The van der Waals surface area contributed by atoms with Gasteiger partial charge < -0.3 is 16.5 Å². The standard InChI is InChI=1S/C18H18N4O/c1-3-14(12(2)13-7-5-4-6-8-13)18(23)22-16-9-10-21-17(20)15(16)11-19/h3-11,19H,1H2,2H3,(H3,20,21,22,23)/b14-12-,19-11?. The smallest absolute Gasteiger partial charge is 0.255 e. The van der Waals surface area contributed by atoms with E-state index in [1.54, 1.807) is 6.07 Å². The van der Waals surface area contributed by atoms with E-state index in [1.165, 1.54) is 12.3 Å². The summed E-state index contributed by atoms with van der Waals surface area (Å²) < 4.78 is 0. The molecule has 0 unspecified atom stereocenters. The number of anilines is 2. The summed E-state index contributed by atoms with van der Waals surface area (Å²) in [6, 6.07) is 11.2. The minimum Gasteiger partial charge on any atom is -0.383 e. The van der Waals surface area contributed by atoms with E-state index in [-0.39, 0.29) is 11.7 Å². The van der Waals surface area contributed by atoms with Gasteiger partial charge >= 0.3 is 0 Å². The number of allylic oxidation sites excluding steroid dienone is 1. The Kier molecular flexibility index (Phi) is 5.04. The van der Waals surface area contributed by atoms with E-state index in [0.29, 0.717) is 16.8 Å². The highest BCUT2D eigenvalue weighted by molar-refractivity contribution is 6.12. The quantitative estimate of drug-likeness (QED) is 0.450. The van der Waals surface area contributed by atoms with Crippen molar-refractivity contribution in [2.75, 3.05) is 11.1 Å². The van der Waals surface area contributed by atoms with Crippen LogP contribution < -0.4 is 11.1 Å². The van der Waals surface area contributed by atoms with Gasteiger partial charge in [-0.15, -0.1) is 0 Å². The largest absolute Gasteiger partial charge is 0.383 e. The highest BCUT2D eigenvalue weighted by atomic mass is 16.1. The Balaban J connectivity index is 2.37. The number of hydrogen-bond donors (Lipinski definition) is 3. The number of hydrogen-bond acceptors (Lipinski definition) is 4. The van der Waals surface area contributed by atoms with Crippen LogP contribution in [0.2, 0.25) is 0 Å². The monoisotopic (exact) mass is 306 g/mol. The number of amides is 1. The van der Waals surface area contributed by atoms with E-state index in [2.05, 4.69) is 16.9 Å². The summed E-state index contributed by atoms with van der Waals surface area (Å²) in [4.78, 5) is 16.5. The Morgan fingerprint density at radius 2 is 2.00 bits per heavy atom. The Labute approximate surface area is 135 Å². The van der Waals surface area contributed by atoms with Crippen LogP contribution in [0, 0.1) is 5.41 Å². The molecule has 0 bridgehead atoms. The highest BCUT2D eigenvalue weighted by Crippen LogP contribution is 2.22. The lowest BCUT2D eigenvalue weighted by Crippen LogP contribution is -2.16. The van der Waals surface area contributed by atoms with Crippen LogP contribution in [0.3, 0.4) is 0 Å². The number of pyridine rings is 1. The first-order valence-electron chi connectivity index (χ1n) is 7.03. The molecule has 2 rings (SSSR count). The molecule has 23 heavy (non-hydrogen) atoms. The van der Waals surface area contributed by atoms with Crippen molar-refractivity contribution in [2.45, 2.75) is 6.92 Å². The SMILES string of the molecule is C=C/C(C(=O)Nc1ccnc(N)c1C=N)=C(\C)c1ccccc1. The maximum absolute atomic E-state index is 12.6. The number of carbonyl (C=O) groups excluding carboxylic acids is 1. The average Bonchev–Trinajstić information content (AvgIpc) is 2.56. The maximum Gasteiger partial charge on any atom is 0.255 e. The van der Waals surface area contributed by atoms with Gasteiger partial charge in [0, 0.05) is 18.0 Å². The summed E-state index contributed by atoms with van der Waals surface area (Å²) in [6.45, 7) is 5.60. The molecule has 1 amide bonds. The van der Waals surface area contributed by atoms with Gasteiger partial charge in [-0.2, -0.15) is 0 Å². The Hall–Kier alpha value is -3.21. The first-order valence-corrected chi connectivity index (χ1v) is 7.03. The van der Waals surface area contributed by atoms with Crippen molar-refractivity contribution >= 4 is 29.2 Å². The summed E-state index contributed by atoms with van der Waals surface area (Å²) >= 11 is 0. The maximum atomic E-state index is 12.6. The molecule has 1 aromatic carbocycles. The predicted octanol–water partition coefficient (Wildman–Crippen LogP) is 3.26. The van der Waals surface area contributed by atoms with Crippen molar-refractivity contribution in [1.82, 2.24) is 4.98 Å². The molecule has 0 spiro atoms. The summed E-state index contributed by atoms with van der Waals surface area (Å²) in [5.41, 5.74) is 8.76. The molecule has 1 aromatic heterocycles. The van der Waals surface area contributed by atoms with Crippen LogP contribution in [0.25, 0.3) is 5.57 Å². The fraction of sp³-hybridized carbons (Fsp3) is 0.0556. The molecule has 0 fully saturated rings. The molecule has 2 aromatic rings. The van der Waals surface area contributed by atoms with Crippen LogP contribution in [0.5, 0.6) is 0 Å². The highest BCUT2D eigenvalue weighted by Gasteiger charge is 2.14. The normalized spacial score (nSPS) is 11.3. The lowest BCUT2D eigenvalue weighted by molar-refractivity contribution is -0.112. The van der Waals surface area contributed by atoms with Gasteiger partial charge in [-0.05, 0) is 24.1 Å². The number of benzene rings is 1. The fourth-order valence-electron chi connectivity index (χ4n) is 2.20. The second-order valence-electron chi connectivity index (χ2n) is 4.86. The van der Waals surface area contributed by atoms with Crippen molar-refractivity contribution < 1.29 is 4.79 Å². The molecule has 5 heteroatoms. The predicted molar refractivity (Wildman–Crippen MR) is 94.4 cm³/mol. The van der Waals surface area contributed by atoms with Crippen molar-refractivity contribution in [3.05, 3.63) is 72.0 Å². The topological polar surface area (TPSA) is 91.9 Å². The third kappa shape index (κ3) is 3.52.